The number of hydrogen-bond donors (Lipinski definition) is 1. The Bertz CT molecular complexity index is 440. The molecule has 2 nitrogen and oxygen atoms in total. The number of nitriles is 1. The lowest BCUT2D eigenvalue weighted by atomic mass is 9.85. The summed E-state index contributed by atoms with van der Waals surface area (Å²) in [6.07, 6.45) is 4.97. The van der Waals surface area contributed by atoms with Crippen molar-refractivity contribution in [3.8, 4) is 6.07 Å². The molecule has 0 aliphatic heterocycles. The van der Waals surface area contributed by atoms with E-state index >= 15 is 0 Å². The van der Waals surface area contributed by atoms with E-state index in [1.807, 2.05) is 6.07 Å². The topological polar surface area (TPSA) is 49.8 Å². The van der Waals surface area contributed by atoms with E-state index in [1.54, 1.807) is 0 Å². The molecule has 17 heavy (non-hydrogen) atoms. The third kappa shape index (κ3) is 2.88. The molecule has 1 aliphatic carbocycles. The highest BCUT2D eigenvalue weighted by Crippen LogP contribution is 2.31. The van der Waals surface area contributed by atoms with Crippen LogP contribution in [-0.4, -0.2) is 0 Å². The summed E-state index contributed by atoms with van der Waals surface area (Å²) in [5, 5.41) is 9.05. The van der Waals surface area contributed by atoms with Gasteiger partial charge in [-0.2, -0.15) is 5.26 Å². The van der Waals surface area contributed by atoms with Gasteiger partial charge in [-0.25, -0.2) is 0 Å². The minimum Gasteiger partial charge on any atom is -0.401 e. The van der Waals surface area contributed by atoms with E-state index in [1.165, 1.54) is 12.0 Å². The summed E-state index contributed by atoms with van der Waals surface area (Å²) in [7, 11) is 0. The minimum atomic E-state index is 0.577. The van der Waals surface area contributed by atoms with Crippen molar-refractivity contribution in [2.45, 2.75) is 38.0 Å². The van der Waals surface area contributed by atoms with Crippen LogP contribution in [0.25, 0.3) is 0 Å². The Labute approximate surface area is 103 Å². The fourth-order valence-corrected chi connectivity index (χ4v) is 2.50. The van der Waals surface area contributed by atoms with Gasteiger partial charge in [-0.1, -0.05) is 30.3 Å². The molecule has 2 N–H and O–H groups in total. The first-order chi connectivity index (χ1) is 8.31. The minimum absolute atomic E-state index is 0.577. The van der Waals surface area contributed by atoms with Crippen LogP contribution >= 0.6 is 0 Å². The molecule has 1 unspecified atom stereocenters. The molecule has 0 spiro atoms. The summed E-state index contributed by atoms with van der Waals surface area (Å²) in [5.74, 6) is 0.577. The van der Waals surface area contributed by atoms with Crippen LogP contribution in [-0.2, 0) is 0 Å². The highest BCUT2D eigenvalue weighted by atomic mass is 14.6. The van der Waals surface area contributed by atoms with Gasteiger partial charge in [0, 0.05) is 11.3 Å². The Morgan fingerprint density at radius 2 is 1.88 bits per heavy atom. The molecule has 0 saturated heterocycles. The average Bonchev–Trinajstić information content (AvgIpc) is 2.35. The molecular formula is C15H18N2. The number of benzene rings is 1. The van der Waals surface area contributed by atoms with Crippen molar-refractivity contribution < 1.29 is 0 Å². The second-order valence-corrected chi connectivity index (χ2v) is 4.65. The van der Waals surface area contributed by atoms with E-state index in [0.717, 1.165) is 37.0 Å². The predicted octanol–water partition coefficient (Wildman–Crippen LogP) is 3.47. The number of nitrogens with two attached hydrogens (primary N) is 1. The molecule has 1 atom stereocenters. The summed E-state index contributed by atoms with van der Waals surface area (Å²) in [6, 6.07) is 12.8. The third-order valence-electron chi connectivity index (χ3n) is 3.54. The Hall–Kier alpha value is -1.75. The highest BCUT2D eigenvalue weighted by Gasteiger charge is 2.16. The average molecular weight is 226 g/mol. The molecule has 1 aromatic rings. The zero-order chi connectivity index (χ0) is 12.1. The van der Waals surface area contributed by atoms with E-state index in [9.17, 15) is 0 Å². The van der Waals surface area contributed by atoms with Crippen LogP contribution < -0.4 is 5.73 Å². The molecule has 0 radical (unpaired) electrons. The zero-order valence-electron chi connectivity index (χ0n) is 10.0. The monoisotopic (exact) mass is 226 g/mol. The van der Waals surface area contributed by atoms with Crippen molar-refractivity contribution in [3.63, 3.8) is 0 Å². The van der Waals surface area contributed by atoms with E-state index < -0.39 is 0 Å². The molecular weight excluding hydrogens is 208 g/mol. The molecule has 0 bridgehead atoms. The highest BCUT2D eigenvalue weighted by molar-refractivity contribution is 5.28. The van der Waals surface area contributed by atoms with Crippen LogP contribution in [0, 0.1) is 11.3 Å². The zero-order valence-corrected chi connectivity index (χ0v) is 10.0. The maximum atomic E-state index is 9.05. The van der Waals surface area contributed by atoms with Crippen LogP contribution in [0.2, 0.25) is 0 Å². The largest absolute Gasteiger partial charge is 0.401 e. The maximum absolute atomic E-state index is 9.05. The smallest absolute Gasteiger partial charge is 0.0965 e. The molecule has 0 saturated carbocycles. The summed E-state index contributed by atoms with van der Waals surface area (Å²) in [4.78, 5) is 0. The summed E-state index contributed by atoms with van der Waals surface area (Å²) < 4.78 is 0. The van der Waals surface area contributed by atoms with Crippen molar-refractivity contribution in [2.24, 2.45) is 5.73 Å². The lowest BCUT2D eigenvalue weighted by Crippen LogP contribution is -2.09. The fraction of sp³-hybridized carbons (Fsp3) is 0.400. The van der Waals surface area contributed by atoms with Crippen molar-refractivity contribution in [2.75, 3.05) is 0 Å². The molecule has 0 amide bonds. The lowest BCUT2D eigenvalue weighted by Gasteiger charge is -2.20. The summed E-state index contributed by atoms with van der Waals surface area (Å²) >= 11 is 0. The predicted molar refractivity (Wildman–Crippen MR) is 69.1 cm³/mol. The normalized spacial score (nSPS) is 25.7. The van der Waals surface area contributed by atoms with Crippen LogP contribution in [0.3, 0.4) is 0 Å². The van der Waals surface area contributed by atoms with Gasteiger partial charge in [-0.3, -0.25) is 0 Å². The number of allylic oxidation sites excluding steroid dienone is 2. The molecule has 88 valence electrons. The van der Waals surface area contributed by atoms with Crippen molar-refractivity contribution in [1.29, 1.82) is 5.26 Å². The Balaban J connectivity index is 2.13. The van der Waals surface area contributed by atoms with Crippen molar-refractivity contribution in [3.05, 3.63) is 47.2 Å². The van der Waals surface area contributed by atoms with Crippen LogP contribution in [0.4, 0.5) is 0 Å². The van der Waals surface area contributed by atoms with Gasteiger partial charge in [-0.05, 0) is 43.6 Å². The fourth-order valence-electron chi connectivity index (χ4n) is 2.50. The van der Waals surface area contributed by atoms with Gasteiger partial charge in [0.25, 0.3) is 0 Å². The molecule has 1 aromatic carbocycles. The first-order valence-electron chi connectivity index (χ1n) is 6.24. The first kappa shape index (κ1) is 11.7. The van der Waals surface area contributed by atoms with Gasteiger partial charge in [0.05, 0.1) is 6.07 Å². The van der Waals surface area contributed by atoms with Crippen LogP contribution in [0.1, 0.15) is 43.6 Å². The molecule has 1 aliphatic rings. The van der Waals surface area contributed by atoms with E-state index in [4.69, 9.17) is 11.0 Å². The van der Waals surface area contributed by atoms with Gasteiger partial charge in [0.15, 0.2) is 0 Å². The summed E-state index contributed by atoms with van der Waals surface area (Å²) in [5.41, 5.74) is 8.90. The maximum Gasteiger partial charge on any atom is 0.0965 e. The first-order valence-corrected chi connectivity index (χ1v) is 6.24. The Morgan fingerprint density at radius 3 is 2.59 bits per heavy atom. The second kappa shape index (κ2) is 5.54. The Kier molecular flexibility index (Phi) is 3.82. The van der Waals surface area contributed by atoms with Gasteiger partial charge >= 0.3 is 0 Å². The van der Waals surface area contributed by atoms with E-state index in [0.29, 0.717) is 5.92 Å². The SMILES string of the molecule is N#C/C1=C(\N)CCCC(c2ccccc2)CC1. The standard InChI is InChI=1S/C15H18N2/c16-11-14-10-9-13(7-4-8-15(14)17)12-5-2-1-3-6-12/h1-3,5-6,13H,4,7-10,17H2/b15-14-. The third-order valence-corrected chi connectivity index (χ3v) is 3.54. The van der Waals surface area contributed by atoms with Crippen LogP contribution in [0.5, 0.6) is 0 Å². The molecule has 0 heterocycles. The number of nitrogens with zero attached hydrogens (tertiary/aromatic N) is 1. The number of rotatable bonds is 1. The van der Waals surface area contributed by atoms with Crippen molar-refractivity contribution in [1.82, 2.24) is 0 Å². The van der Waals surface area contributed by atoms with Crippen LogP contribution in [0.15, 0.2) is 41.6 Å². The van der Waals surface area contributed by atoms with Gasteiger partial charge in [0.1, 0.15) is 0 Å². The van der Waals surface area contributed by atoms with Gasteiger partial charge in [-0.15, -0.1) is 0 Å². The van der Waals surface area contributed by atoms with Crippen molar-refractivity contribution >= 4 is 0 Å². The van der Waals surface area contributed by atoms with Gasteiger partial charge in [0.2, 0.25) is 0 Å². The number of hydrogen-bond acceptors (Lipinski definition) is 2. The molecule has 2 heteroatoms. The molecule has 0 aromatic heterocycles. The summed E-state index contributed by atoms with van der Waals surface area (Å²) in [6.45, 7) is 0. The van der Waals surface area contributed by atoms with Gasteiger partial charge < -0.3 is 5.73 Å². The lowest BCUT2D eigenvalue weighted by molar-refractivity contribution is 0.535. The molecule has 2 rings (SSSR count). The van der Waals surface area contributed by atoms with E-state index in [-0.39, 0.29) is 0 Å². The second-order valence-electron chi connectivity index (χ2n) is 4.65. The molecule has 0 fully saturated rings. The Morgan fingerprint density at radius 1 is 1.12 bits per heavy atom. The quantitative estimate of drug-likeness (QED) is 0.797. The van der Waals surface area contributed by atoms with E-state index in [2.05, 4.69) is 30.3 Å².